The molecule has 0 saturated heterocycles. The standard InChI is InChI=1S/C20H16N4O3S/c1-26-14-8-9-16(27-2)13(10-14)11-15-17(21)24-20(22-18(15)25)28-19(23-24)12-6-4-3-5-7-12/h3-11,21H,1-2H3/b15-11-,21-17?. The molecule has 0 fully saturated rings. The van der Waals surface area contributed by atoms with Gasteiger partial charge in [-0.15, -0.1) is 0 Å². The average molecular weight is 392 g/mol. The van der Waals surface area contributed by atoms with E-state index < -0.39 is 5.91 Å². The Bertz CT molecular complexity index is 1060. The molecule has 4 rings (SSSR count). The van der Waals surface area contributed by atoms with Crippen molar-refractivity contribution in [1.29, 1.82) is 5.41 Å². The van der Waals surface area contributed by atoms with Crippen LogP contribution >= 0.6 is 11.8 Å². The molecule has 7 nitrogen and oxygen atoms in total. The quantitative estimate of drug-likeness (QED) is 0.806. The fourth-order valence-corrected chi connectivity index (χ4v) is 3.69. The number of nitrogens with one attached hydrogen (secondary N) is 1. The number of hydrazone groups is 1. The van der Waals surface area contributed by atoms with Gasteiger partial charge in [-0.25, -0.2) is 0 Å². The van der Waals surface area contributed by atoms with E-state index in [1.165, 1.54) is 16.8 Å². The second-order valence-electron chi connectivity index (χ2n) is 5.90. The molecule has 8 heteroatoms. The van der Waals surface area contributed by atoms with Gasteiger partial charge in [-0.2, -0.15) is 15.1 Å². The van der Waals surface area contributed by atoms with E-state index in [-0.39, 0.29) is 11.4 Å². The van der Waals surface area contributed by atoms with Crippen molar-refractivity contribution < 1.29 is 14.3 Å². The predicted octanol–water partition coefficient (Wildman–Crippen LogP) is 3.37. The molecule has 0 spiro atoms. The highest BCUT2D eigenvalue weighted by molar-refractivity contribution is 8.27. The normalized spacial score (nSPS) is 17.4. The zero-order chi connectivity index (χ0) is 19.7. The van der Waals surface area contributed by atoms with Crippen molar-refractivity contribution in [3.8, 4) is 11.5 Å². The van der Waals surface area contributed by atoms with Crippen LogP contribution in [0.1, 0.15) is 11.1 Å². The monoisotopic (exact) mass is 392 g/mol. The first-order valence-electron chi connectivity index (χ1n) is 8.38. The minimum atomic E-state index is -0.488. The van der Waals surface area contributed by atoms with Gasteiger partial charge in [-0.1, -0.05) is 30.3 Å². The highest BCUT2D eigenvalue weighted by atomic mass is 32.2. The highest BCUT2D eigenvalue weighted by Crippen LogP contribution is 2.32. The summed E-state index contributed by atoms with van der Waals surface area (Å²) in [5, 5.41) is 15.4. The van der Waals surface area contributed by atoms with Gasteiger partial charge in [-0.05, 0) is 36.0 Å². The van der Waals surface area contributed by atoms with Gasteiger partial charge in [0.15, 0.2) is 5.84 Å². The number of fused-ring (bicyclic) bond motifs is 1. The number of nitrogens with zero attached hydrogens (tertiary/aromatic N) is 3. The summed E-state index contributed by atoms with van der Waals surface area (Å²) >= 11 is 1.27. The molecule has 0 saturated carbocycles. The smallest absolute Gasteiger partial charge is 0.283 e. The number of thioether (sulfide) groups is 1. The van der Waals surface area contributed by atoms with Crippen LogP contribution in [0.2, 0.25) is 0 Å². The van der Waals surface area contributed by atoms with Crippen LogP contribution in [0.5, 0.6) is 11.5 Å². The molecule has 1 N–H and O–H groups in total. The van der Waals surface area contributed by atoms with E-state index in [1.807, 2.05) is 30.3 Å². The molecule has 0 unspecified atom stereocenters. The van der Waals surface area contributed by atoms with Crippen LogP contribution < -0.4 is 9.47 Å². The number of amides is 1. The lowest BCUT2D eigenvalue weighted by Gasteiger charge is -2.20. The van der Waals surface area contributed by atoms with Crippen LogP contribution in [0, 0.1) is 5.41 Å². The summed E-state index contributed by atoms with van der Waals surface area (Å²) in [6.45, 7) is 0. The van der Waals surface area contributed by atoms with E-state index in [2.05, 4.69) is 10.1 Å². The maximum absolute atomic E-state index is 12.6. The van der Waals surface area contributed by atoms with Crippen molar-refractivity contribution in [2.24, 2.45) is 10.1 Å². The van der Waals surface area contributed by atoms with Crippen molar-refractivity contribution in [3.63, 3.8) is 0 Å². The van der Waals surface area contributed by atoms with Crippen LogP contribution in [-0.2, 0) is 4.79 Å². The molecular formula is C20H16N4O3S. The lowest BCUT2D eigenvalue weighted by atomic mass is 10.1. The van der Waals surface area contributed by atoms with Gasteiger partial charge in [0.1, 0.15) is 16.5 Å². The number of methoxy groups -OCH3 is 2. The average Bonchev–Trinajstić information content (AvgIpc) is 3.15. The number of aliphatic imine (C=N–C) groups is 1. The molecule has 2 heterocycles. The topological polar surface area (TPSA) is 87.3 Å². The van der Waals surface area contributed by atoms with Crippen LogP contribution in [0.25, 0.3) is 6.08 Å². The summed E-state index contributed by atoms with van der Waals surface area (Å²) in [6, 6.07) is 14.8. The summed E-state index contributed by atoms with van der Waals surface area (Å²) < 4.78 is 10.6. The summed E-state index contributed by atoms with van der Waals surface area (Å²) in [4.78, 5) is 16.7. The Kier molecular flexibility index (Phi) is 4.70. The zero-order valence-corrected chi connectivity index (χ0v) is 16.0. The third-order valence-corrected chi connectivity index (χ3v) is 5.17. The fourth-order valence-electron chi connectivity index (χ4n) is 2.80. The lowest BCUT2D eigenvalue weighted by molar-refractivity contribution is -0.114. The number of amidine groups is 2. The van der Waals surface area contributed by atoms with Gasteiger partial charge in [-0.3, -0.25) is 10.2 Å². The van der Waals surface area contributed by atoms with Gasteiger partial charge in [0.05, 0.1) is 19.8 Å². The third kappa shape index (κ3) is 3.18. The van der Waals surface area contributed by atoms with E-state index in [9.17, 15) is 4.79 Å². The SMILES string of the molecule is COc1ccc(OC)c(/C=C2/C(=N)N3N=C(c4ccccc4)SC3=NC2=O)c1. The van der Waals surface area contributed by atoms with Crippen molar-refractivity contribution in [2.45, 2.75) is 0 Å². The first-order chi connectivity index (χ1) is 13.6. The molecule has 0 radical (unpaired) electrons. The maximum Gasteiger partial charge on any atom is 0.283 e. The van der Waals surface area contributed by atoms with E-state index in [1.54, 1.807) is 38.5 Å². The molecule has 28 heavy (non-hydrogen) atoms. The first kappa shape index (κ1) is 18.0. The molecule has 0 aliphatic carbocycles. The fraction of sp³-hybridized carbons (Fsp3) is 0.100. The van der Waals surface area contributed by atoms with Crippen LogP contribution in [-0.4, -0.2) is 41.2 Å². The van der Waals surface area contributed by atoms with Gasteiger partial charge in [0.2, 0.25) is 5.17 Å². The number of hydrogen-bond acceptors (Lipinski definition) is 6. The minimum Gasteiger partial charge on any atom is -0.497 e. The number of ether oxygens (including phenoxy) is 2. The number of carbonyl (C=O) groups excluding carboxylic acids is 1. The number of benzene rings is 2. The molecule has 2 aliphatic heterocycles. The largest absolute Gasteiger partial charge is 0.497 e. The van der Waals surface area contributed by atoms with Crippen LogP contribution in [0.4, 0.5) is 0 Å². The van der Waals surface area contributed by atoms with E-state index in [0.29, 0.717) is 27.3 Å². The highest BCUT2D eigenvalue weighted by Gasteiger charge is 2.36. The molecule has 2 aromatic rings. The Balaban J connectivity index is 1.72. The Hall–Kier alpha value is -3.39. The molecular weight excluding hydrogens is 376 g/mol. The maximum atomic E-state index is 12.6. The molecule has 2 aromatic carbocycles. The van der Waals surface area contributed by atoms with Gasteiger partial charge < -0.3 is 9.47 Å². The van der Waals surface area contributed by atoms with E-state index in [4.69, 9.17) is 14.9 Å². The summed E-state index contributed by atoms with van der Waals surface area (Å²) in [6.07, 6.45) is 1.58. The summed E-state index contributed by atoms with van der Waals surface area (Å²) in [5.41, 5.74) is 1.66. The van der Waals surface area contributed by atoms with Gasteiger partial charge >= 0.3 is 0 Å². The molecule has 140 valence electrons. The Morgan fingerprint density at radius 1 is 1.11 bits per heavy atom. The second kappa shape index (κ2) is 7.32. The number of hydrogen-bond donors (Lipinski definition) is 1. The van der Waals surface area contributed by atoms with Crippen molar-refractivity contribution in [2.75, 3.05) is 14.2 Å². The number of rotatable bonds is 4. The van der Waals surface area contributed by atoms with Crippen molar-refractivity contribution >= 4 is 39.8 Å². The van der Waals surface area contributed by atoms with Crippen LogP contribution in [0.15, 0.2) is 64.2 Å². The van der Waals surface area contributed by atoms with Crippen molar-refractivity contribution in [1.82, 2.24) is 5.01 Å². The van der Waals surface area contributed by atoms with Crippen molar-refractivity contribution in [3.05, 3.63) is 65.2 Å². The molecule has 0 aromatic heterocycles. The first-order valence-corrected chi connectivity index (χ1v) is 9.20. The molecule has 1 amide bonds. The minimum absolute atomic E-state index is 0.0293. The van der Waals surface area contributed by atoms with E-state index >= 15 is 0 Å². The van der Waals surface area contributed by atoms with Gasteiger partial charge in [0, 0.05) is 11.1 Å². The summed E-state index contributed by atoms with van der Waals surface area (Å²) in [5.74, 6) is 0.664. The summed E-state index contributed by atoms with van der Waals surface area (Å²) in [7, 11) is 3.10. The molecule has 0 bridgehead atoms. The Morgan fingerprint density at radius 3 is 2.61 bits per heavy atom. The predicted molar refractivity (Wildman–Crippen MR) is 110 cm³/mol. The second-order valence-corrected chi connectivity index (χ2v) is 6.86. The van der Waals surface area contributed by atoms with Crippen LogP contribution in [0.3, 0.4) is 0 Å². The Labute approximate surface area is 165 Å². The zero-order valence-electron chi connectivity index (χ0n) is 15.2. The van der Waals surface area contributed by atoms with E-state index in [0.717, 1.165) is 5.56 Å². The molecule has 2 aliphatic rings. The lowest BCUT2D eigenvalue weighted by Crippen LogP contribution is -2.35. The molecule has 0 atom stereocenters. The number of carbonyl (C=O) groups is 1. The Morgan fingerprint density at radius 2 is 1.89 bits per heavy atom. The third-order valence-electron chi connectivity index (χ3n) is 4.21. The van der Waals surface area contributed by atoms with Gasteiger partial charge in [0.25, 0.3) is 5.91 Å².